The zero-order valence-corrected chi connectivity index (χ0v) is 6.98. The molecule has 0 aromatic heterocycles. The summed E-state index contributed by atoms with van der Waals surface area (Å²) in [5.74, 6) is -0.282. The maximum Gasteiger partial charge on any atom is 0.136 e. The summed E-state index contributed by atoms with van der Waals surface area (Å²) in [6.07, 6.45) is 2.63. The third-order valence-corrected chi connectivity index (χ3v) is 0.851. The first kappa shape index (κ1) is 9.34. The highest BCUT2D eigenvalue weighted by Gasteiger charge is 2.04. The molecule has 0 saturated carbocycles. The molecule has 0 rings (SSSR count). The highest BCUT2D eigenvalue weighted by molar-refractivity contribution is 5.75. The lowest BCUT2D eigenvalue weighted by Gasteiger charge is -2.09. The molecule has 0 aliphatic carbocycles. The molecule has 0 N–H and O–H groups in total. The Morgan fingerprint density at radius 1 is 1.40 bits per heavy atom. The minimum absolute atomic E-state index is 0.180. The fourth-order valence-electron chi connectivity index (χ4n) is 0.330. The standard InChI is InChI=1S/C8H14FN/c1-5-7(9)6-10-8(2,3)4/h5-6H,1-4H3/b7-5-,10-6?. The van der Waals surface area contributed by atoms with Crippen LogP contribution in [-0.2, 0) is 0 Å². The second kappa shape index (κ2) is 3.49. The van der Waals surface area contributed by atoms with Gasteiger partial charge in [-0.3, -0.25) is 4.99 Å². The second-order valence-corrected chi connectivity index (χ2v) is 3.10. The molecule has 0 fully saturated rings. The van der Waals surface area contributed by atoms with Gasteiger partial charge in [0.15, 0.2) is 0 Å². The molecular weight excluding hydrogens is 129 g/mol. The van der Waals surface area contributed by atoms with Gasteiger partial charge in [0.25, 0.3) is 0 Å². The van der Waals surface area contributed by atoms with E-state index in [1.807, 2.05) is 20.8 Å². The molecule has 0 spiro atoms. The van der Waals surface area contributed by atoms with E-state index in [1.165, 1.54) is 12.3 Å². The average Bonchev–Trinajstić information content (AvgIpc) is 1.81. The molecule has 0 aromatic rings. The monoisotopic (exact) mass is 143 g/mol. The number of hydrogen-bond donors (Lipinski definition) is 0. The summed E-state index contributed by atoms with van der Waals surface area (Å²) in [6, 6.07) is 0. The normalized spacial score (nSPS) is 14.7. The van der Waals surface area contributed by atoms with E-state index in [1.54, 1.807) is 6.92 Å². The molecule has 0 aliphatic rings. The zero-order chi connectivity index (χ0) is 8.20. The van der Waals surface area contributed by atoms with Gasteiger partial charge >= 0.3 is 0 Å². The smallest absolute Gasteiger partial charge is 0.136 e. The molecule has 2 heteroatoms. The van der Waals surface area contributed by atoms with E-state index < -0.39 is 0 Å². The summed E-state index contributed by atoms with van der Waals surface area (Å²) in [6.45, 7) is 7.41. The van der Waals surface area contributed by atoms with Crippen molar-refractivity contribution in [1.82, 2.24) is 0 Å². The van der Waals surface area contributed by atoms with Gasteiger partial charge in [0.2, 0.25) is 0 Å². The van der Waals surface area contributed by atoms with Gasteiger partial charge in [-0.1, -0.05) is 6.08 Å². The third kappa shape index (κ3) is 5.48. The fraction of sp³-hybridized carbons (Fsp3) is 0.625. The van der Waals surface area contributed by atoms with Crippen molar-refractivity contribution in [3.05, 3.63) is 11.9 Å². The van der Waals surface area contributed by atoms with Crippen molar-refractivity contribution in [3.8, 4) is 0 Å². The molecule has 0 unspecified atom stereocenters. The van der Waals surface area contributed by atoms with Crippen molar-refractivity contribution in [2.45, 2.75) is 33.2 Å². The number of aliphatic imine (C=N–C) groups is 1. The Bertz CT molecular complexity index is 151. The lowest BCUT2D eigenvalue weighted by molar-refractivity contribution is 0.581. The average molecular weight is 143 g/mol. The highest BCUT2D eigenvalue weighted by atomic mass is 19.1. The Balaban J connectivity index is 4.01. The van der Waals surface area contributed by atoms with Crippen LogP contribution in [0.4, 0.5) is 4.39 Å². The molecule has 0 aromatic carbocycles. The summed E-state index contributed by atoms with van der Waals surface area (Å²) in [7, 11) is 0. The Morgan fingerprint density at radius 3 is 2.20 bits per heavy atom. The van der Waals surface area contributed by atoms with Gasteiger partial charge in [0, 0.05) is 0 Å². The molecule has 0 atom stereocenters. The van der Waals surface area contributed by atoms with Crippen molar-refractivity contribution >= 4 is 6.21 Å². The van der Waals surface area contributed by atoms with Crippen LogP contribution in [0.5, 0.6) is 0 Å². The molecule has 0 aliphatic heterocycles. The maximum absolute atomic E-state index is 12.4. The van der Waals surface area contributed by atoms with E-state index in [9.17, 15) is 4.39 Å². The minimum Gasteiger partial charge on any atom is -0.284 e. The summed E-state index contributed by atoms with van der Waals surface area (Å²) in [4.78, 5) is 3.96. The molecule has 0 amide bonds. The van der Waals surface area contributed by atoms with Gasteiger partial charge < -0.3 is 0 Å². The van der Waals surface area contributed by atoms with Crippen LogP contribution >= 0.6 is 0 Å². The van der Waals surface area contributed by atoms with E-state index in [2.05, 4.69) is 4.99 Å². The Kier molecular flexibility index (Phi) is 3.26. The number of rotatable bonds is 1. The van der Waals surface area contributed by atoms with E-state index >= 15 is 0 Å². The van der Waals surface area contributed by atoms with E-state index in [4.69, 9.17) is 0 Å². The van der Waals surface area contributed by atoms with Crippen LogP contribution in [0.3, 0.4) is 0 Å². The molecule has 0 saturated heterocycles. The van der Waals surface area contributed by atoms with E-state index in [0.717, 1.165) is 0 Å². The van der Waals surface area contributed by atoms with Crippen LogP contribution in [0.25, 0.3) is 0 Å². The van der Waals surface area contributed by atoms with Gasteiger partial charge in [-0.2, -0.15) is 0 Å². The Labute approximate surface area is 61.7 Å². The molecule has 1 nitrogen and oxygen atoms in total. The van der Waals surface area contributed by atoms with Crippen LogP contribution in [-0.4, -0.2) is 11.8 Å². The molecule has 58 valence electrons. The van der Waals surface area contributed by atoms with Gasteiger partial charge in [-0.15, -0.1) is 0 Å². The number of hydrogen-bond acceptors (Lipinski definition) is 1. The van der Waals surface area contributed by atoms with Gasteiger partial charge in [0.05, 0.1) is 11.8 Å². The summed E-state index contributed by atoms with van der Waals surface area (Å²) in [5.41, 5.74) is -0.180. The number of allylic oxidation sites excluding steroid dienone is 2. The molecular formula is C8H14FN. The van der Waals surface area contributed by atoms with Crippen LogP contribution in [0, 0.1) is 0 Å². The summed E-state index contributed by atoms with van der Waals surface area (Å²) >= 11 is 0. The van der Waals surface area contributed by atoms with Gasteiger partial charge in [-0.05, 0) is 27.7 Å². The largest absolute Gasteiger partial charge is 0.284 e. The first-order chi connectivity index (χ1) is 4.45. The number of nitrogens with zero attached hydrogens (tertiary/aromatic N) is 1. The molecule has 0 bridgehead atoms. The van der Waals surface area contributed by atoms with Crippen LogP contribution in [0.1, 0.15) is 27.7 Å². The van der Waals surface area contributed by atoms with E-state index in [0.29, 0.717) is 0 Å². The maximum atomic E-state index is 12.4. The Hall–Kier alpha value is -0.660. The lowest BCUT2D eigenvalue weighted by atomic mass is 10.1. The Morgan fingerprint density at radius 2 is 1.90 bits per heavy atom. The van der Waals surface area contributed by atoms with Crippen molar-refractivity contribution in [1.29, 1.82) is 0 Å². The summed E-state index contributed by atoms with van der Waals surface area (Å²) < 4.78 is 12.4. The van der Waals surface area contributed by atoms with Crippen LogP contribution < -0.4 is 0 Å². The predicted octanol–water partition coefficient (Wildman–Crippen LogP) is 2.73. The first-order valence-corrected chi connectivity index (χ1v) is 3.33. The summed E-state index contributed by atoms with van der Waals surface area (Å²) in [5, 5.41) is 0. The van der Waals surface area contributed by atoms with Crippen molar-refractivity contribution in [2.75, 3.05) is 0 Å². The highest BCUT2D eigenvalue weighted by Crippen LogP contribution is 2.06. The van der Waals surface area contributed by atoms with Crippen molar-refractivity contribution in [3.63, 3.8) is 0 Å². The minimum atomic E-state index is -0.282. The molecule has 10 heavy (non-hydrogen) atoms. The van der Waals surface area contributed by atoms with Crippen molar-refractivity contribution in [2.24, 2.45) is 4.99 Å². The quantitative estimate of drug-likeness (QED) is 0.500. The topological polar surface area (TPSA) is 12.4 Å². The second-order valence-electron chi connectivity index (χ2n) is 3.10. The molecule has 0 heterocycles. The van der Waals surface area contributed by atoms with Gasteiger partial charge in [0.1, 0.15) is 5.83 Å². The van der Waals surface area contributed by atoms with E-state index in [-0.39, 0.29) is 11.4 Å². The SMILES string of the molecule is C/C=C(\F)C=NC(C)(C)C. The third-order valence-electron chi connectivity index (χ3n) is 0.851. The van der Waals surface area contributed by atoms with Crippen molar-refractivity contribution < 1.29 is 4.39 Å². The molecule has 0 radical (unpaired) electrons. The zero-order valence-electron chi connectivity index (χ0n) is 6.98. The van der Waals surface area contributed by atoms with Crippen LogP contribution in [0.15, 0.2) is 16.9 Å². The number of halogens is 1. The first-order valence-electron chi connectivity index (χ1n) is 3.33. The van der Waals surface area contributed by atoms with Gasteiger partial charge in [-0.25, -0.2) is 4.39 Å². The van der Waals surface area contributed by atoms with Crippen LogP contribution in [0.2, 0.25) is 0 Å². The lowest BCUT2D eigenvalue weighted by Crippen LogP contribution is -2.09. The predicted molar refractivity (Wildman–Crippen MR) is 43.1 cm³/mol. The fourth-order valence-corrected chi connectivity index (χ4v) is 0.330.